The van der Waals surface area contributed by atoms with Crippen molar-refractivity contribution in [2.75, 3.05) is 7.11 Å². The lowest BCUT2D eigenvalue weighted by Crippen LogP contribution is -2.08. The molecule has 0 spiro atoms. The standard InChI is InChI=1S/C21H16FNO3/c1-25-19-10-12-20(13-11-19)26-21(24)16-4-8-18(9-5-16)23-14-15-2-6-17(22)7-3-15/h2-14H,1H3. The molecule has 26 heavy (non-hydrogen) atoms. The minimum atomic E-state index is -0.454. The van der Waals surface area contributed by atoms with Crippen LogP contribution in [0.3, 0.4) is 0 Å². The van der Waals surface area contributed by atoms with Crippen LogP contribution >= 0.6 is 0 Å². The van der Waals surface area contributed by atoms with Crippen molar-refractivity contribution in [3.8, 4) is 11.5 Å². The second kappa shape index (κ2) is 8.07. The minimum absolute atomic E-state index is 0.290. The third-order valence-corrected chi connectivity index (χ3v) is 3.61. The molecule has 0 aliphatic heterocycles. The van der Waals surface area contributed by atoms with Gasteiger partial charge in [0.2, 0.25) is 0 Å². The van der Waals surface area contributed by atoms with Gasteiger partial charge in [0.25, 0.3) is 0 Å². The van der Waals surface area contributed by atoms with E-state index in [4.69, 9.17) is 9.47 Å². The number of hydrogen-bond donors (Lipinski definition) is 0. The Hall–Kier alpha value is -3.47. The fraction of sp³-hybridized carbons (Fsp3) is 0.0476. The maximum absolute atomic E-state index is 12.9. The second-order valence-corrected chi connectivity index (χ2v) is 5.42. The van der Waals surface area contributed by atoms with E-state index in [-0.39, 0.29) is 5.82 Å². The first kappa shape index (κ1) is 17.4. The minimum Gasteiger partial charge on any atom is -0.497 e. The Bertz CT molecular complexity index is 901. The molecule has 0 fully saturated rings. The van der Waals surface area contributed by atoms with Crippen molar-refractivity contribution in [2.45, 2.75) is 0 Å². The fourth-order valence-corrected chi connectivity index (χ4v) is 2.19. The third-order valence-electron chi connectivity index (χ3n) is 3.61. The van der Waals surface area contributed by atoms with E-state index >= 15 is 0 Å². The highest BCUT2D eigenvalue weighted by Crippen LogP contribution is 2.19. The molecule has 0 atom stereocenters. The van der Waals surface area contributed by atoms with E-state index < -0.39 is 5.97 Å². The number of nitrogens with zero attached hydrogens (tertiary/aromatic N) is 1. The van der Waals surface area contributed by atoms with Gasteiger partial charge in [-0.05, 0) is 66.2 Å². The Morgan fingerprint density at radius 3 is 2.12 bits per heavy atom. The van der Waals surface area contributed by atoms with Crippen LogP contribution in [0.5, 0.6) is 11.5 Å². The van der Waals surface area contributed by atoms with E-state index in [9.17, 15) is 9.18 Å². The van der Waals surface area contributed by atoms with Gasteiger partial charge in [-0.25, -0.2) is 9.18 Å². The zero-order valence-corrected chi connectivity index (χ0v) is 14.1. The van der Waals surface area contributed by atoms with Crippen LogP contribution in [0.4, 0.5) is 10.1 Å². The number of methoxy groups -OCH3 is 1. The van der Waals surface area contributed by atoms with Gasteiger partial charge in [0, 0.05) is 6.21 Å². The van der Waals surface area contributed by atoms with Crippen LogP contribution < -0.4 is 9.47 Å². The quantitative estimate of drug-likeness (QED) is 0.377. The maximum atomic E-state index is 12.9. The number of aliphatic imine (C=N–C) groups is 1. The van der Waals surface area contributed by atoms with Crippen molar-refractivity contribution in [1.82, 2.24) is 0 Å². The molecule has 5 heteroatoms. The van der Waals surface area contributed by atoms with Gasteiger partial charge < -0.3 is 9.47 Å². The van der Waals surface area contributed by atoms with Gasteiger partial charge in [-0.2, -0.15) is 0 Å². The van der Waals surface area contributed by atoms with E-state index in [1.54, 1.807) is 74.0 Å². The van der Waals surface area contributed by atoms with E-state index in [1.165, 1.54) is 12.1 Å². The summed E-state index contributed by atoms with van der Waals surface area (Å²) in [4.78, 5) is 16.5. The van der Waals surface area contributed by atoms with Gasteiger partial charge in [0.05, 0.1) is 18.4 Å². The number of rotatable bonds is 5. The molecule has 4 nitrogen and oxygen atoms in total. The smallest absolute Gasteiger partial charge is 0.343 e. The molecule has 0 saturated heterocycles. The number of ether oxygens (including phenoxy) is 2. The van der Waals surface area contributed by atoms with Crippen molar-refractivity contribution < 1.29 is 18.7 Å². The van der Waals surface area contributed by atoms with Crippen LogP contribution in [0.15, 0.2) is 77.8 Å². The average Bonchev–Trinajstić information content (AvgIpc) is 2.68. The molecular formula is C21H16FNO3. The highest BCUT2D eigenvalue weighted by Gasteiger charge is 2.08. The molecule has 3 aromatic carbocycles. The average molecular weight is 349 g/mol. The van der Waals surface area contributed by atoms with Crippen LogP contribution in [0.2, 0.25) is 0 Å². The Kier molecular flexibility index (Phi) is 5.39. The monoisotopic (exact) mass is 349 g/mol. The summed E-state index contributed by atoms with van der Waals surface area (Å²) in [5.41, 5.74) is 1.88. The summed E-state index contributed by atoms with van der Waals surface area (Å²) in [7, 11) is 1.57. The zero-order valence-electron chi connectivity index (χ0n) is 14.1. The zero-order chi connectivity index (χ0) is 18.4. The number of hydrogen-bond acceptors (Lipinski definition) is 4. The van der Waals surface area contributed by atoms with Crippen molar-refractivity contribution in [2.24, 2.45) is 4.99 Å². The molecular weight excluding hydrogens is 333 g/mol. The van der Waals surface area contributed by atoms with Gasteiger partial charge >= 0.3 is 5.97 Å². The van der Waals surface area contributed by atoms with Gasteiger partial charge in [-0.15, -0.1) is 0 Å². The molecule has 0 amide bonds. The van der Waals surface area contributed by atoms with Crippen LogP contribution in [-0.2, 0) is 0 Å². The van der Waals surface area contributed by atoms with Gasteiger partial charge in [0.15, 0.2) is 0 Å². The Balaban J connectivity index is 1.64. The van der Waals surface area contributed by atoms with Gasteiger partial charge in [-0.3, -0.25) is 4.99 Å². The SMILES string of the molecule is COc1ccc(OC(=O)c2ccc(N=Cc3ccc(F)cc3)cc2)cc1. The van der Waals surface area contributed by atoms with Crippen molar-refractivity contribution >= 4 is 17.9 Å². The number of carbonyl (C=O) groups is 1. The molecule has 0 bridgehead atoms. The topological polar surface area (TPSA) is 47.9 Å². The Morgan fingerprint density at radius 1 is 0.885 bits per heavy atom. The number of esters is 1. The fourth-order valence-electron chi connectivity index (χ4n) is 2.19. The maximum Gasteiger partial charge on any atom is 0.343 e. The first-order chi connectivity index (χ1) is 12.6. The largest absolute Gasteiger partial charge is 0.497 e. The molecule has 130 valence electrons. The third kappa shape index (κ3) is 4.54. The van der Waals surface area contributed by atoms with E-state index in [0.717, 1.165) is 5.56 Å². The van der Waals surface area contributed by atoms with Crippen LogP contribution in [-0.4, -0.2) is 19.3 Å². The predicted octanol–water partition coefficient (Wildman–Crippen LogP) is 4.80. The summed E-state index contributed by atoms with van der Waals surface area (Å²) in [6, 6.07) is 19.5. The molecule has 0 aromatic heterocycles. The van der Waals surface area contributed by atoms with Crippen LogP contribution in [0.25, 0.3) is 0 Å². The number of halogens is 1. The van der Waals surface area contributed by atoms with Gasteiger partial charge in [-0.1, -0.05) is 12.1 Å². The lowest BCUT2D eigenvalue weighted by Gasteiger charge is -2.05. The first-order valence-electron chi connectivity index (χ1n) is 7.90. The van der Waals surface area contributed by atoms with Crippen molar-refractivity contribution in [1.29, 1.82) is 0 Å². The van der Waals surface area contributed by atoms with E-state index in [2.05, 4.69) is 4.99 Å². The lowest BCUT2D eigenvalue weighted by molar-refractivity contribution is 0.0734. The summed E-state index contributed by atoms with van der Waals surface area (Å²) in [6.45, 7) is 0. The van der Waals surface area contributed by atoms with Crippen molar-refractivity contribution in [3.05, 3.63) is 89.7 Å². The first-order valence-corrected chi connectivity index (χ1v) is 7.90. The molecule has 0 aliphatic rings. The molecule has 0 heterocycles. The Labute approximate surface area is 150 Å². The van der Waals surface area contributed by atoms with Crippen LogP contribution in [0.1, 0.15) is 15.9 Å². The normalized spacial score (nSPS) is 10.7. The number of benzene rings is 3. The van der Waals surface area contributed by atoms with Crippen LogP contribution in [0, 0.1) is 5.82 Å². The summed E-state index contributed by atoms with van der Waals surface area (Å²) in [6.07, 6.45) is 1.63. The highest BCUT2D eigenvalue weighted by molar-refractivity contribution is 5.91. The Morgan fingerprint density at radius 2 is 1.50 bits per heavy atom. The molecule has 0 unspecified atom stereocenters. The number of carbonyl (C=O) groups excluding carboxylic acids is 1. The highest BCUT2D eigenvalue weighted by atomic mass is 19.1. The second-order valence-electron chi connectivity index (χ2n) is 5.42. The summed E-state index contributed by atoms with van der Waals surface area (Å²) in [5.74, 6) is 0.383. The molecule has 0 radical (unpaired) electrons. The van der Waals surface area contributed by atoms with E-state index in [0.29, 0.717) is 22.7 Å². The molecule has 3 rings (SSSR count). The summed E-state index contributed by atoms with van der Waals surface area (Å²) >= 11 is 0. The molecule has 3 aromatic rings. The van der Waals surface area contributed by atoms with E-state index in [1.807, 2.05) is 0 Å². The summed E-state index contributed by atoms with van der Waals surface area (Å²) in [5, 5.41) is 0. The van der Waals surface area contributed by atoms with Crippen molar-refractivity contribution in [3.63, 3.8) is 0 Å². The molecule has 0 saturated carbocycles. The molecule has 0 N–H and O–H groups in total. The van der Waals surface area contributed by atoms with Gasteiger partial charge in [0.1, 0.15) is 17.3 Å². The molecule has 0 aliphatic carbocycles. The predicted molar refractivity (Wildman–Crippen MR) is 98.0 cm³/mol. The summed E-state index contributed by atoms with van der Waals surface area (Å²) < 4.78 is 23.2. The lowest BCUT2D eigenvalue weighted by atomic mass is 10.2.